The molecule has 6 heteroatoms. The molecule has 0 aromatic rings. The molecule has 1 N–H and O–H groups in total. The highest BCUT2D eigenvalue weighted by Crippen LogP contribution is 2.25. The van der Waals surface area contributed by atoms with Crippen molar-refractivity contribution in [1.29, 1.82) is 0 Å². The predicted octanol–water partition coefficient (Wildman–Crippen LogP) is 0.974. The molecule has 2 rings (SSSR count). The lowest BCUT2D eigenvalue weighted by molar-refractivity contribution is -0.145. The molecule has 0 saturated carbocycles. The lowest BCUT2D eigenvalue weighted by Gasteiger charge is -2.30. The lowest BCUT2D eigenvalue weighted by atomic mass is 10.1. The van der Waals surface area contributed by atoms with Crippen molar-refractivity contribution in [2.45, 2.75) is 37.8 Å². The minimum atomic E-state index is -1.05. The summed E-state index contributed by atoms with van der Waals surface area (Å²) in [7, 11) is 0. The molecule has 0 aromatic carbocycles. The van der Waals surface area contributed by atoms with E-state index in [4.69, 9.17) is 9.84 Å². The molecule has 1 amide bonds. The Morgan fingerprint density at radius 2 is 2.22 bits per heavy atom. The molecule has 2 saturated heterocycles. The molecule has 2 unspecified atom stereocenters. The van der Waals surface area contributed by atoms with Gasteiger partial charge in [-0.15, -0.1) is 0 Å². The van der Waals surface area contributed by atoms with Crippen LogP contribution in [-0.2, 0) is 14.3 Å². The van der Waals surface area contributed by atoms with Crippen LogP contribution in [0.5, 0.6) is 0 Å². The first-order valence-electron chi connectivity index (χ1n) is 6.37. The number of hydrogen-bond acceptors (Lipinski definition) is 4. The molecule has 102 valence electrons. The maximum absolute atomic E-state index is 12.0. The zero-order valence-electron chi connectivity index (χ0n) is 10.3. The molecule has 0 aliphatic carbocycles. The van der Waals surface area contributed by atoms with E-state index in [1.165, 1.54) is 0 Å². The Hall–Kier alpha value is -0.750. The lowest BCUT2D eigenvalue weighted by Crippen LogP contribution is -2.45. The summed E-state index contributed by atoms with van der Waals surface area (Å²) in [5.74, 6) is 0.638. The van der Waals surface area contributed by atoms with E-state index in [9.17, 15) is 9.59 Å². The van der Waals surface area contributed by atoms with Crippen LogP contribution in [-0.4, -0.2) is 58.7 Å². The number of aliphatic carboxylic acids is 1. The number of carbonyl (C=O) groups excluding carboxylic acids is 1. The van der Waals surface area contributed by atoms with Crippen LogP contribution in [0.2, 0.25) is 0 Å². The van der Waals surface area contributed by atoms with Crippen molar-refractivity contribution >= 4 is 23.6 Å². The first-order valence-corrected chi connectivity index (χ1v) is 7.53. The summed E-state index contributed by atoms with van der Waals surface area (Å²) in [6.45, 7) is 1.31. The maximum atomic E-state index is 12.0. The number of thioether (sulfide) groups is 1. The van der Waals surface area contributed by atoms with Gasteiger partial charge >= 0.3 is 5.97 Å². The number of carboxylic acids is 1. The minimum absolute atomic E-state index is 0.0911. The Kier molecular flexibility index (Phi) is 4.88. The summed E-state index contributed by atoms with van der Waals surface area (Å²) in [5, 5.41) is 8.75. The van der Waals surface area contributed by atoms with E-state index >= 15 is 0 Å². The normalized spacial score (nSPS) is 27.3. The van der Waals surface area contributed by atoms with Gasteiger partial charge in [0.15, 0.2) is 0 Å². The van der Waals surface area contributed by atoms with E-state index in [1.807, 2.05) is 11.8 Å². The molecule has 2 heterocycles. The van der Waals surface area contributed by atoms with Crippen molar-refractivity contribution in [2.75, 3.05) is 24.7 Å². The number of ether oxygens (including phenoxy) is 1. The van der Waals surface area contributed by atoms with Gasteiger partial charge in [0.2, 0.25) is 5.91 Å². The predicted molar refractivity (Wildman–Crippen MR) is 68.7 cm³/mol. The van der Waals surface area contributed by atoms with E-state index < -0.39 is 12.4 Å². The van der Waals surface area contributed by atoms with Crippen molar-refractivity contribution in [3.05, 3.63) is 0 Å². The summed E-state index contributed by atoms with van der Waals surface area (Å²) in [6.07, 6.45) is 2.65. The molecule has 2 atom stereocenters. The summed E-state index contributed by atoms with van der Waals surface area (Å²) in [5.41, 5.74) is 0. The van der Waals surface area contributed by atoms with Gasteiger partial charge < -0.3 is 14.7 Å². The van der Waals surface area contributed by atoms with Gasteiger partial charge in [0.05, 0.1) is 6.10 Å². The second-order valence-electron chi connectivity index (χ2n) is 4.77. The van der Waals surface area contributed by atoms with E-state index in [-0.39, 0.29) is 18.1 Å². The molecular formula is C12H19NO4S. The van der Waals surface area contributed by atoms with Crippen molar-refractivity contribution in [1.82, 2.24) is 4.90 Å². The summed E-state index contributed by atoms with van der Waals surface area (Å²) < 4.78 is 5.55. The van der Waals surface area contributed by atoms with Crippen molar-refractivity contribution in [3.8, 4) is 0 Å². The molecule has 2 fully saturated rings. The first-order chi connectivity index (χ1) is 8.66. The largest absolute Gasteiger partial charge is 0.481 e. The standard InChI is InChI=1S/C12H19NO4S/c14-11(6-12(15)16)13(9-3-5-18-8-9)7-10-2-1-4-17-10/h9-10H,1-8H2,(H,15,16). The molecule has 0 spiro atoms. The van der Waals surface area contributed by atoms with Crippen LogP contribution in [0.4, 0.5) is 0 Å². The molecule has 0 bridgehead atoms. The van der Waals surface area contributed by atoms with Crippen LogP contribution in [0.1, 0.15) is 25.7 Å². The molecule has 0 aromatic heterocycles. The minimum Gasteiger partial charge on any atom is -0.481 e. The van der Waals surface area contributed by atoms with Crippen LogP contribution >= 0.6 is 11.8 Å². The Bertz CT molecular complexity index is 311. The summed E-state index contributed by atoms with van der Waals surface area (Å²) in [6, 6.07) is 0.186. The van der Waals surface area contributed by atoms with E-state index in [0.29, 0.717) is 6.54 Å². The van der Waals surface area contributed by atoms with Gasteiger partial charge in [0.1, 0.15) is 6.42 Å². The number of nitrogens with zero attached hydrogens (tertiary/aromatic N) is 1. The van der Waals surface area contributed by atoms with Crippen LogP contribution in [0.3, 0.4) is 0 Å². The van der Waals surface area contributed by atoms with E-state index in [0.717, 1.165) is 37.4 Å². The highest BCUT2D eigenvalue weighted by molar-refractivity contribution is 7.99. The van der Waals surface area contributed by atoms with Crippen molar-refractivity contribution in [2.24, 2.45) is 0 Å². The monoisotopic (exact) mass is 273 g/mol. The van der Waals surface area contributed by atoms with Crippen LogP contribution < -0.4 is 0 Å². The second kappa shape index (κ2) is 6.43. The highest BCUT2D eigenvalue weighted by atomic mass is 32.2. The smallest absolute Gasteiger partial charge is 0.312 e. The number of rotatable bonds is 5. The van der Waals surface area contributed by atoms with Gasteiger partial charge in [0.25, 0.3) is 0 Å². The SMILES string of the molecule is O=C(O)CC(=O)N(CC1CCCO1)C1CCSC1. The number of carbonyl (C=O) groups is 2. The fourth-order valence-corrected chi connectivity index (χ4v) is 3.69. The van der Waals surface area contributed by atoms with E-state index in [1.54, 1.807) is 4.90 Å². The third-order valence-electron chi connectivity index (χ3n) is 3.39. The Morgan fingerprint density at radius 3 is 2.78 bits per heavy atom. The van der Waals surface area contributed by atoms with Crippen LogP contribution in [0.15, 0.2) is 0 Å². The average Bonchev–Trinajstić information content (AvgIpc) is 2.98. The zero-order chi connectivity index (χ0) is 13.0. The Balaban J connectivity index is 1.96. The second-order valence-corrected chi connectivity index (χ2v) is 5.92. The third kappa shape index (κ3) is 3.62. The van der Waals surface area contributed by atoms with Gasteiger partial charge in [0, 0.05) is 24.9 Å². The maximum Gasteiger partial charge on any atom is 0.312 e. The highest BCUT2D eigenvalue weighted by Gasteiger charge is 2.31. The molecule has 2 aliphatic heterocycles. The fraction of sp³-hybridized carbons (Fsp3) is 0.833. The molecule has 18 heavy (non-hydrogen) atoms. The van der Waals surface area contributed by atoms with E-state index in [2.05, 4.69) is 0 Å². The quantitative estimate of drug-likeness (QED) is 0.756. The Labute approximate surface area is 111 Å². The number of amides is 1. The van der Waals surface area contributed by atoms with Crippen molar-refractivity contribution < 1.29 is 19.4 Å². The third-order valence-corrected chi connectivity index (χ3v) is 4.54. The van der Waals surface area contributed by atoms with Gasteiger partial charge in [-0.1, -0.05) is 0 Å². The molecule has 5 nitrogen and oxygen atoms in total. The summed E-state index contributed by atoms with van der Waals surface area (Å²) >= 11 is 1.82. The van der Waals surface area contributed by atoms with Gasteiger partial charge in [-0.05, 0) is 25.0 Å². The van der Waals surface area contributed by atoms with Crippen LogP contribution in [0.25, 0.3) is 0 Å². The average molecular weight is 273 g/mol. The molecule has 2 aliphatic rings. The first kappa shape index (κ1) is 13.7. The number of hydrogen-bond donors (Lipinski definition) is 1. The molecule has 0 radical (unpaired) electrons. The van der Waals surface area contributed by atoms with Crippen molar-refractivity contribution in [3.63, 3.8) is 0 Å². The number of carboxylic acid groups (broad SMARTS) is 1. The van der Waals surface area contributed by atoms with Gasteiger partial charge in [-0.2, -0.15) is 11.8 Å². The fourth-order valence-electron chi connectivity index (χ4n) is 2.46. The van der Waals surface area contributed by atoms with Gasteiger partial charge in [-0.25, -0.2) is 0 Å². The van der Waals surface area contributed by atoms with Gasteiger partial charge in [-0.3, -0.25) is 9.59 Å². The van der Waals surface area contributed by atoms with Crippen LogP contribution in [0, 0.1) is 0 Å². The summed E-state index contributed by atoms with van der Waals surface area (Å²) in [4.78, 5) is 24.4. The Morgan fingerprint density at radius 1 is 1.39 bits per heavy atom. The zero-order valence-corrected chi connectivity index (χ0v) is 11.2. The molecular weight excluding hydrogens is 254 g/mol. The topological polar surface area (TPSA) is 66.8 Å².